The van der Waals surface area contributed by atoms with Crippen LogP contribution in [0.1, 0.15) is 22.4 Å². The molecule has 0 radical (unpaired) electrons. The highest BCUT2D eigenvalue weighted by Gasteiger charge is 2.11. The van der Waals surface area contributed by atoms with Gasteiger partial charge in [-0.2, -0.15) is 0 Å². The molecule has 0 atom stereocenters. The van der Waals surface area contributed by atoms with Crippen LogP contribution in [0.15, 0.2) is 18.2 Å². The minimum absolute atomic E-state index is 0.443. The zero-order valence-corrected chi connectivity index (χ0v) is 10.5. The van der Waals surface area contributed by atoms with Crippen molar-refractivity contribution < 1.29 is 0 Å². The van der Waals surface area contributed by atoms with Crippen LogP contribution in [0.3, 0.4) is 0 Å². The molecular weight excluding hydrogens is 216 g/mol. The third-order valence-electron chi connectivity index (χ3n) is 2.87. The highest BCUT2D eigenvalue weighted by Crippen LogP contribution is 2.23. The van der Waals surface area contributed by atoms with Crippen LogP contribution >= 0.6 is 12.2 Å². The molecule has 0 saturated carbocycles. The lowest BCUT2D eigenvalue weighted by atomic mass is 10.0. The molecule has 0 amide bonds. The molecule has 1 aromatic carbocycles. The van der Waals surface area contributed by atoms with Crippen molar-refractivity contribution in [1.29, 1.82) is 0 Å². The summed E-state index contributed by atoms with van der Waals surface area (Å²) in [7, 11) is 0. The fourth-order valence-electron chi connectivity index (χ4n) is 1.91. The predicted molar refractivity (Wildman–Crippen MR) is 71.8 cm³/mol. The van der Waals surface area contributed by atoms with Crippen molar-refractivity contribution in [3.63, 3.8) is 0 Å². The second-order valence-corrected chi connectivity index (χ2v) is 4.52. The first kappa shape index (κ1) is 11.0. The van der Waals surface area contributed by atoms with Gasteiger partial charge in [0.15, 0.2) is 0 Å². The van der Waals surface area contributed by atoms with Gasteiger partial charge in [-0.3, -0.25) is 4.98 Å². The van der Waals surface area contributed by atoms with E-state index in [1.165, 1.54) is 5.56 Å². The first-order chi connectivity index (χ1) is 7.50. The summed E-state index contributed by atoms with van der Waals surface area (Å²) in [5, 5.41) is 1.05. The Balaban J connectivity index is 2.96. The molecule has 0 aliphatic carbocycles. The van der Waals surface area contributed by atoms with E-state index in [0.29, 0.717) is 4.99 Å². The summed E-state index contributed by atoms with van der Waals surface area (Å²) in [4.78, 5) is 4.99. The Kier molecular flexibility index (Phi) is 2.64. The number of aryl methyl sites for hydroxylation is 2. The van der Waals surface area contributed by atoms with E-state index in [2.05, 4.69) is 18.0 Å². The number of nitrogens with two attached hydrogens (primary N) is 1. The Morgan fingerprint density at radius 1 is 1.25 bits per heavy atom. The van der Waals surface area contributed by atoms with Gasteiger partial charge in [-0.1, -0.05) is 23.8 Å². The van der Waals surface area contributed by atoms with E-state index in [4.69, 9.17) is 18.0 Å². The summed E-state index contributed by atoms with van der Waals surface area (Å²) in [5.41, 5.74) is 11.0. The Hall–Kier alpha value is -1.48. The van der Waals surface area contributed by atoms with Gasteiger partial charge in [0.1, 0.15) is 4.99 Å². The molecule has 0 spiro atoms. The molecule has 0 fully saturated rings. The van der Waals surface area contributed by atoms with Crippen molar-refractivity contribution in [2.24, 2.45) is 5.73 Å². The zero-order valence-electron chi connectivity index (χ0n) is 9.66. The molecule has 2 aromatic rings. The molecule has 1 heterocycles. The molecule has 0 aliphatic rings. The van der Waals surface area contributed by atoms with Crippen LogP contribution in [0.5, 0.6) is 0 Å². The van der Waals surface area contributed by atoms with Gasteiger partial charge in [0.2, 0.25) is 0 Å². The van der Waals surface area contributed by atoms with E-state index in [0.717, 1.165) is 27.7 Å². The van der Waals surface area contributed by atoms with Crippen molar-refractivity contribution in [1.82, 2.24) is 4.98 Å². The Labute approximate surface area is 100 Å². The third-order valence-corrected chi connectivity index (χ3v) is 3.08. The van der Waals surface area contributed by atoms with Crippen molar-refractivity contribution in [3.8, 4) is 0 Å². The largest absolute Gasteiger partial charge is 0.389 e. The van der Waals surface area contributed by atoms with Gasteiger partial charge in [0, 0.05) is 16.6 Å². The van der Waals surface area contributed by atoms with E-state index in [1.54, 1.807) is 0 Å². The molecule has 0 bridgehead atoms. The van der Waals surface area contributed by atoms with Gasteiger partial charge < -0.3 is 5.73 Å². The van der Waals surface area contributed by atoms with Crippen LogP contribution in [0.2, 0.25) is 0 Å². The van der Waals surface area contributed by atoms with Crippen LogP contribution in [0.25, 0.3) is 10.9 Å². The van der Waals surface area contributed by atoms with E-state index in [9.17, 15) is 0 Å². The van der Waals surface area contributed by atoms with Crippen molar-refractivity contribution in [3.05, 3.63) is 40.6 Å². The predicted octanol–water partition coefficient (Wildman–Crippen LogP) is 2.79. The highest BCUT2D eigenvalue weighted by atomic mass is 32.1. The van der Waals surface area contributed by atoms with Gasteiger partial charge in [-0.25, -0.2) is 0 Å². The topological polar surface area (TPSA) is 38.9 Å². The number of aromatic nitrogens is 1. The standard InChI is InChI=1S/C13H14N2S/c1-7-4-5-11-10(6-7)12(13(14)16)8(2)9(3)15-11/h4-6H,1-3H3,(H2,14,16). The van der Waals surface area contributed by atoms with Crippen LogP contribution in [-0.2, 0) is 0 Å². The summed E-state index contributed by atoms with van der Waals surface area (Å²) < 4.78 is 0. The Morgan fingerprint density at radius 3 is 2.56 bits per heavy atom. The number of nitrogens with zero attached hydrogens (tertiary/aromatic N) is 1. The summed E-state index contributed by atoms with van der Waals surface area (Å²) >= 11 is 5.13. The minimum atomic E-state index is 0.443. The quantitative estimate of drug-likeness (QED) is 0.766. The monoisotopic (exact) mass is 230 g/mol. The minimum Gasteiger partial charge on any atom is -0.389 e. The maximum absolute atomic E-state index is 5.80. The fourth-order valence-corrected chi connectivity index (χ4v) is 2.18. The Morgan fingerprint density at radius 2 is 1.94 bits per heavy atom. The van der Waals surface area contributed by atoms with E-state index in [-0.39, 0.29) is 0 Å². The zero-order chi connectivity index (χ0) is 11.9. The number of hydrogen-bond acceptors (Lipinski definition) is 2. The summed E-state index contributed by atoms with van der Waals surface area (Å²) in [6.45, 7) is 6.05. The van der Waals surface area contributed by atoms with Gasteiger partial charge in [0.25, 0.3) is 0 Å². The van der Waals surface area contributed by atoms with Gasteiger partial charge in [0.05, 0.1) is 5.52 Å². The molecule has 82 valence electrons. The number of fused-ring (bicyclic) bond motifs is 1. The van der Waals surface area contributed by atoms with Crippen molar-refractivity contribution in [2.75, 3.05) is 0 Å². The van der Waals surface area contributed by atoms with Gasteiger partial charge in [-0.15, -0.1) is 0 Å². The summed E-state index contributed by atoms with van der Waals surface area (Å²) in [6, 6.07) is 6.15. The molecule has 2 N–H and O–H groups in total. The summed E-state index contributed by atoms with van der Waals surface area (Å²) in [6.07, 6.45) is 0. The molecule has 2 rings (SSSR count). The molecule has 16 heavy (non-hydrogen) atoms. The lowest BCUT2D eigenvalue weighted by Crippen LogP contribution is -2.13. The Bertz CT molecular complexity index is 588. The number of hydrogen-bond donors (Lipinski definition) is 1. The molecule has 0 unspecified atom stereocenters. The fraction of sp³-hybridized carbons (Fsp3) is 0.231. The van der Waals surface area contributed by atoms with Gasteiger partial charge in [-0.05, 0) is 38.5 Å². The van der Waals surface area contributed by atoms with Crippen molar-refractivity contribution >= 4 is 28.1 Å². The normalized spacial score (nSPS) is 10.7. The van der Waals surface area contributed by atoms with Crippen LogP contribution in [0, 0.1) is 20.8 Å². The van der Waals surface area contributed by atoms with Crippen molar-refractivity contribution in [2.45, 2.75) is 20.8 Å². The maximum atomic E-state index is 5.80. The SMILES string of the molecule is Cc1ccc2nc(C)c(C)c(C(N)=S)c2c1. The average Bonchev–Trinajstić information content (AvgIpc) is 2.20. The number of pyridine rings is 1. The third kappa shape index (κ3) is 1.67. The molecule has 0 aliphatic heterocycles. The average molecular weight is 230 g/mol. The second-order valence-electron chi connectivity index (χ2n) is 4.08. The lowest BCUT2D eigenvalue weighted by Gasteiger charge is -2.11. The maximum Gasteiger partial charge on any atom is 0.105 e. The van der Waals surface area contributed by atoms with Crippen LogP contribution < -0.4 is 5.73 Å². The first-order valence-electron chi connectivity index (χ1n) is 5.18. The molecule has 3 heteroatoms. The van der Waals surface area contributed by atoms with Crippen LogP contribution in [0.4, 0.5) is 0 Å². The number of thiocarbonyl (C=S) groups is 1. The van der Waals surface area contributed by atoms with E-state index < -0.39 is 0 Å². The van der Waals surface area contributed by atoms with E-state index >= 15 is 0 Å². The number of rotatable bonds is 1. The lowest BCUT2D eigenvalue weighted by molar-refractivity contribution is 1.19. The second kappa shape index (κ2) is 3.83. The number of benzene rings is 1. The van der Waals surface area contributed by atoms with Gasteiger partial charge >= 0.3 is 0 Å². The molecular formula is C13H14N2S. The molecule has 2 nitrogen and oxygen atoms in total. The first-order valence-corrected chi connectivity index (χ1v) is 5.59. The summed E-state index contributed by atoms with van der Waals surface area (Å²) in [5.74, 6) is 0. The molecule has 1 aromatic heterocycles. The van der Waals surface area contributed by atoms with Crippen LogP contribution in [-0.4, -0.2) is 9.97 Å². The van der Waals surface area contributed by atoms with E-state index in [1.807, 2.05) is 26.0 Å². The highest BCUT2D eigenvalue weighted by molar-refractivity contribution is 7.80. The smallest absolute Gasteiger partial charge is 0.105 e. The molecule has 0 saturated heterocycles.